The predicted molar refractivity (Wildman–Crippen MR) is 43.0 cm³/mol. The molecule has 0 spiro atoms. The van der Waals surface area contributed by atoms with Crippen LogP contribution < -0.4 is 5.32 Å². The summed E-state index contributed by atoms with van der Waals surface area (Å²) in [4.78, 5) is 0. The Bertz CT molecular complexity index is 123. The molecule has 2 aliphatic rings. The summed E-state index contributed by atoms with van der Waals surface area (Å²) < 4.78 is 0. The van der Waals surface area contributed by atoms with E-state index in [9.17, 15) is 0 Å². The minimum Gasteiger partial charge on any atom is -0.311 e. The second kappa shape index (κ2) is 2.23. The molecule has 0 unspecified atom stereocenters. The van der Waals surface area contributed by atoms with Gasteiger partial charge in [-0.1, -0.05) is 0 Å². The minimum absolute atomic E-state index is 0.544. The van der Waals surface area contributed by atoms with Crippen LogP contribution in [0.15, 0.2) is 0 Å². The molecule has 0 aromatic carbocycles. The van der Waals surface area contributed by atoms with Gasteiger partial charge in [-0.25, -0.2) is 0 Å². The van der Waals surface area contributed by atoms with Crippen LogP contribution in [0.3, 0.4) is 0 Å². The molecule has 2 saturated carbocycles. The quantitative estimate of drug-likeness (QED) is 0.630. The Morgan fingerprint density at radius 2 is 2.10 bits per heavy atom. The van der Waals surface area contributed by atoms with Gasteiger partial charge in [0.15, 0.2) is 0 Å². The van der Waals surface area contributed by atoms with Crippen LogP contribution in [0.1, 0.15) is 39.0 Å². The van der Waals surface area contributed by atoms with E-state index in [-0.39, 0.29) is 0 Å². The van der Waals surface area contributed by atoms with Crippen molar-refractivity contribution >= 4 is 0 Å². The van der Waals surface area contributed by atoms with Crippen molar-refractivity contribution in [3.05, 3.63) is 0 Å². The summed E-state index contributed by atoms with van der Waals surface area (Å²) >= 11 is 0. The highest BCUT2D eigenvalue weighted by atomic mass is 15.0. The van der Waals surface area contributed by atoms with Gasteiger partial charge in [-0.2, -0.15) is 0 Å². The normalized spacial score (nSPS) is 29.7. The molecule has 0 radical (unpaired) electrons. The van der Waals surface area contributed by atoms with Gasteiger partial charge < -0.3 is 5.32 Å². The van der Waals surface area contributed by atoms with Crippen molar-refractivity contribution < 1.29 is 0 Å². The molecule has 1 nitrogen and oxygen atoms in total. The molecule has 0 atom stereocenters. The van der Waals surface area contributed by atoms with E-state index >= 15 is 0 Å². The lowest BCUT2D eigenvalue weighted by atomic mass is 9.78. The van der Waals surface area contributed by atoms with Crippen LogP contribution in [0.5, 0.6) is 0 Å². The van der Waals surface area contributed by atoms with Crippen molar-refractivity contribution in [3.8, 4) is 0 Å². The van der Waals surface area contributed by atoms with E-state index in [4.69, 9.17) is 0 Å². The third kappa shape index (κ3) is 1.34. The van der Waals surface area contributed by atoms with Crippen LogP contribution in [0, 0.1) is 5.92 Å². The maximum atomic E-state index is 3.66. The van der Waals surface area contributed by atoms with Crippen LogP contribution in [0.25, 0.3) is 0 Å². The molecule has 1 heteroatoms. The highest BCUT2D eigenvalue weighted by Gasteiger charge is 2.33. The summed E-state index contributed by atoms with van der Waals surface area (Å²) in [5, 5.41) is 3.66. The second-order valence-electron chi connectivity index (χ2n) is 4.24. The summed E-state index contributed by atoms with van der Waals surface area (Å²) in [6.45, 7) is 3.65. The van der Waals surface area contributed by atoms with Gasteiger partial charge in [0, 0.05) is 5.54 Å². The molecule has 0 bridgehead atoms. The van der Waals surface area contributed by atoms with E-state index in [0.717, 1.165) is 5.92 Å². The van der Waals surface area contributed by atoms with Gasteiger partial charge in [-0.15, -0.1) is 0 Å². The SMILES string of the molecule is CC1(NCC2CC2)CCC1. The lowest BCUT2D eigenvalue weighted by Crippen LogP contribution is -2.48. The van der Waals surface area contributed by atoms with E-state index in [1.165, 1.54) is 38.6 Å². The monoisotopic (exact) mass is 139 g/mol. The standard InChI is InChI=1S/C9H17N/c1-9(5-2-6-9)10-7-8-3-4-8/h8,10H,2-7H2,1H3. The van der Waals surface area contributed by atoms with Crippen molar-refractivity contribution in [2.75, 3.05) is 6.54 Å². The first-order chi connectivity index (χ1) is 4.79. The smallest absolute Gasteiger partial charge is 0.0153 e. The number of nitrogens with one attached hydrogen (secondary N) is 1. The van der Waals surface area contributed by atoms with Crippen LogP contribution >= 0.6 is 0 Å². The van der Waals surface area contributed by atoms with E-state index in [1.54, 1.807) is 0 Å². The van der Waals surface area contributed by atoms with Gasteiger partial charge >= 0.3 is 0 Å². The molecule has 2 rings (SSSR count). The molecule has 1 N–H and O–H groups in total. The summed E-state index contributed by atoms with van der Waals surface area (Å²) in [7, 11) is 0. The van der Waals surface area contributed by atoms with Crippen molar-refractivity contribution in [1.29, 1.82) is 0 Å². The summed E-state index contributed by atoms with van der Waals surface area (Å²) in [5.41, 5.74) is 0.544. The molecule has 0 saturated heterocycles. The fourth-order valence-electron chi connectivity index (χ4n) is 1.60. The van der Waals surface area contributed by atoms with Crippen LogP contribution in [0.2, 0.25) is 0 Å². The summed E-state index contributed by atoms with van der Waals surface area (Å²) in [6, 6.07) is 0. The van der Waals surface area contributed by atoms with Crippen molar-refractivity contribution in [1.82, 2.24) is 5.32 Å². The fraction of sp³-hybridized carbons (Fsp3) is 1.00. The Morgan fingerprint density at radius 1 is 1.40 bits per heavy atom. The van der Waals surface area contributed by atoms with Crippen LogP contribution in [0.4, 0.5) is 0 Å². The minimum atomic E-state index is 0.544. The first-order valence-corrected chi connectivity index (χ1v) is 4.54. The Kier molecular flexibility index (Phi) is 1.48. The summed E-state index contributed by atoms with van der Waals surface area (Å²) in [6.07, 6.45) is 7.19. The number of hydrogen-bond acceptors (Lipinski definition) is 1. The first kappa shape index (κ1) is 6.66. The predicted octanol–water partition coefficient (Wildman–Crippen LogP) is 1.93. The zero-order valence-electron chi connectivity index (χ0n) is 6.82. The molecule has 0 aromatic heterocycles. The second-order valence-corrected chi connectivity index (χ2v) is 4.24. The van der Waals surface area contributed by atoms with Crippen molar-refractivity contribution in [2.45, 2.75) is 44.6 Å². The molecule has 2 aliphatic carbocycles. The molecule has 0 amide bonds. The fourth-order valence-corrected chi connectivity index (χ4v) is 1.60. The zero-order chi connectivity index (χ0) is 7.03. The Morgan fingerprint density at radius 3 is 2.50 bits per heavy atom. The molecule has 0 aromatic rings. The largest absolute Gasteiger partial charge is 0.311 e. The third-order valence-corrected chi connectivity index (χ3v) is 2.97. The maximum absolute atomic E-state index is 3.66. The van der Waals surface area contributed by atoms with Gasteiger partial charge in [-0.05, 0) is 51.5 Å². The first-order valence-electron chi connectivity index (χ1n) is 4.54. The van der Waals surface area contributed by atoms with Gasteiger partial charge in [0.1, 0.15) is 0 Å². The summed E-state index contributed by atoms with van der Waals surface area (Å²) in [5.74, 6) is 1.04. The van der Waals surface area contributed by atoms with Crippen molar-refractivity contribution in [3.63, 3.8) is 0 Å². The molecule has 58 valence electrons. The number of hydrogen-bond donors (Lipinski definition) is 1. The van der Waals surface area contributed by atoms with Crippen molar-refractivity contribution in [2.24, 2.45) is 5.92 Å². The Balaban J connectivity index is 1.67. The van der Waals surface area contributed by atoms with Gasteiger partial charge in [0.05, 0.1) is 0 Å². The Hall–Kier alpha value is -0.0400. The molecular formula is C9H17N. The molecular weight excluding hydrogens is 122 g/mol. The number of rotatable bonds is 3. The van der Waals surface area contributed by atoms with E-state index in [0.29, 0.717) is 5.54 Å². The highest BCUT2D eigenvalue weighted by molar-refractivity contribution is 4.92. The molecule has 0 heterocycles. The Labute approximate surface area is 63.2 Å². The van der Waals surface area contributed by atoms with E-state index in [2.05, 4.69) is 12.2 Å². The van der Waals surface area contributed by atoms with Gasteiger partial charge in [0.25, 0.3) is 0 Å². The lowest BCUT2D eigenvalue weighted by Gasteiger charge is -2.39. The van der Waals surface area contributed by atoms with Crippen LogP contribution in [-0.2, 0) is 0 Å². The van der Waals surface area contributed by atoms with Gasteiger partial charge in [0.2, 0.25) is 0 Å². The molecule has 2 fully saturated rings. The topological polar surface area (TPSA) is 12.0 Å². The zero-order valence-corrected chi connectivity index (χ0v) is 6.82. The van der Waals surface area contributed by atoms with Crippen LogP contribution in [-0.4, -0.2) is 12.1 Å². The van der Waals surface area contributed by atoms with E-state index < -0.39 is 0 Å². The molecule has 0 aliphatic heterocycles. The maximum Gasteiger partial charge on any atom is 0.0153 e. The third-order valence-electron chi connectivity index (χ3n) is 2.97. The lowest BCUT2D eigenvalue weighted by molar-refractivity contribution is 0.207. The highest BCUT2D eigenvalue weighted by Crippen LogP contribution is 2.33. The average molecular weight is 139 g/mol. The average Bonchev–Trinajstić information content (AvgIpc) is 2.61. The van der Waals surface area contributed by atoms with E-state index in [1.807, 2.05) is 0 Å². The molecule has 10 heavy (non-hydrogen) atoms. The van der Waals surface area contributed by atoms with Gasteiger partial charge in [-0.3, -0.25) is 0 Å².